The predicted octanol–water partition coefficient (Wildman–Crippen LogP) is 4.76. The van der Waals surface area contributed by atoms with Crippen LogP contribution in [-0.2, 0) is 0 Å². The fraction of sp³-hybridized carbons (Fsp3) is 0.385. The monoisotopic (exact) mass is 255 g/mol. The molecule has 0 aliphatic heterocycles. The SMILES string of the molecule is Clc1ccc(NCC2CC=CCC2)c(Cl)c1. The summed E-state index contributed by atoms with van der Waals surface area (Å²) in [7, 11) is 0. The van der Waals surface area contributed by atoms with E-state index in [1.54, 1.807) is 6.07 Å². The average molecular weight is 256 g/mol. The van der Waals surface area contributed by atoms with Crippen LogP contribution in [-0.4, -0.2) is 6.54 Å². The number of rotatable bonds is 3. The fourth-order valence-corrected chi connectivity index (χ4v) is 2.40. The first kappa shape index (κ1) is 11.8. The molecule has 0 fully saturated rings. The van der Waals surface area contributed by atoms with Crippen molar-refractivity contribution >= 4 is 28.9 Å². The Morgan fingerprint density at radius 2 is 2.12 bits per heavy atom. The van der Waals surface area contributed by atoms with Crippen LogP contribution in [0.1, 0.15) is 19.3 Å². The van der Waals surface area contributed by atoms with Crippen LogP contribution < -0.4 is 5.32 Å². The van der Waals surface area contributed by atoms with Crippen LogP contribution in [0.4, 0.5) is 5.69 Å². The molecule has 1 unspecified atom stereocenters. The maximum Gasteiger partial charge on any atom is 0.0652 e. The van der Waals surface area contributed by atoms with Crippen LogP contribution in [0.3, 0.4) is 0 Å². The first-order valence-corrected chi connectivity index (χ1v) is 6.35. The zero-order valence-electron chi connectivity index (χ0n) is 9.05. The van der Waals surface area contributed by atoms with Gasteiger partial charge in [0, 0.05) is 11.6 Å². The van der Waals surface area contributed by atoms with Crippen molar-refractivity contribution in [1.82, 2.24) is 0 Å². The van der Waals surface area contributed by atoms with Crippen molar-refractivity contribution in [2.75, 3.05) is 11.9 Å². The second-order valence-electron chi connectivity index (χ2n) is 4.16. The number of benzene rings is 1. The molecule has 3 heteroatoms. The predicted molar refractivity (Wildman–Crippen MR) is 71.4 cm³/mol. The van der Waals surface area contributed by atoms with Gasteiger partial charge in [0.05, 0.1) is 10.7 Å². The third-order valence-electron chi connectivity index (χ3n) is 2.89. The standard InChI is InChI=1S/C13H15Cl2N/c14-11-6-7-13(12(15)8-11)16-9-10-4-2-1-3-5-10/h1-2,6-8,10,16H,3-5,9H2. The van der Waals surface area contributed by atoms with Gasteiger partial charge in [-0.25, -0.2) is 0 Å². The van der Waals surface area contributed by atoms with Crippen molar-refractivity contribution in [1.29, 1.82) is 0 Å². The Balaban J connectivity index is 1.91. The molecule has 1 N–H and O–H groups in total. The Hall–Kier alpha value is -0.660. The molecule has 86 valence electrons. The number of nitrogens with one attached hydrogen (secondary N) is 1. The summed E-state index contributed by atoms with van der Waals surface area (Å²) in [6.07, 6.45) is 8.14. The third kappa shape index (κ3) is 3.16. The summed E-state index contributed by atoms with van der Waals surface area (Å²) in [5.74, 6) is 0.719. The highest BCUT2D eigenvalue weighted by atomic mass is 35.5. The molecule has 0 amide bonds. The summed E-state index contributed by atoms with van der Waals surface area (Å²) < 4.78 is 0. The minimum absolute atomic E-state index is 0.677. The molecule has 0 spiro atoms. The smallest absolute Gasteiger partial charge is 0.0652 e. The Bertz CT molecular complexity index is 388. The van der Waals surface area contributed by atoms with Crippen LogP contribution in [0.2, 0.25) is 10.0 Å². The molecule has 1 aliphatic rings. The average Bonchev–Trinajstić information content (AvgIpc) is 2.29. The van der Waals surface area contributed by atoms with E-state index in [1.807, 2.05) is 12.1 Å². The summed E-state index contributed by atoms with van der Waals surface area (Å²) in [4.78, 5) is 0. The maximum atomic E-state index is 6.09. The largest absolute Gasteiger partial charge is 0.384 e. The molecule has 1 aromatic rings. The summed E-state index contributed by atoms with van der Waals surface area (Å²) in [5, 5.41) is 4.76. The molecule has 1 aromatic carbocycles. The van der Waals surface area contributed by atoms with Crippen molar-refractivity contribution in [2.24, 2.45) is 5.92 Å². The van der Waals surface area contributed by atoms with Gasteiger partial charge in [-0.05, 0) is 43.4 Å². The molecule has 0 aromatic heterocycles. The van der Waals surface area contributed by atoms with Gasteiger partial charge in [-0.2, -0.15) is 0 Å². The molecular weight excluding hydrogens is 241 g/mol. The zero-order chi connectivity index (χ0) is 11.4. The number of hydrogen-bond donors (Lipinski definition) is 1. The number of hydrogen-bond acceptors (Lipinski definition) is 1. The lowest BCUT2D eigenvalue weighted by molar-refractivity contribution is 0.504. The summed E-state index contributed by atoms with van der Waals surface area (Å²) in [5.41, 5.74) is 0.973. The van der Waals surface area contributed by atoms with Gasteiger partial charge in [0.2, 0.25) is 0 Å². The third-order valence-corrected chi connectivity index (χ3v) is 3.44. The van der Waals surface area contributed by atoms with Crippen LogP contribution in [0.15, 0.2) is 30.4 Å². The van der Waals surface area contributed by atoms with Crippen molar-refractivity contribution < 1.29 is 0 Å². The van der Waals surface area contributed by atoms with Crippen molar-refractivity contribution in [3.8, 4) is 0 Å². The summed E-state index contributed by atoms with van der Waals surface area (Å²) in [6, 6.07) is 5.56. The van der Waals surface area contributed by atoms with Crippen LogP contribution in [0.5, 0.6) is 0 Å². The highest BCUT2D eigenvalue weighted by Gasteiger charge is 2.10. The zero-order valence-corrected chi connectivity index (χ0v) is 10.6. The maximum absolute atomic E-state index is 6.09. The quantitative estimate of drug-likeness (QED) is 0.768. The highest BCUT2D eigenvalue weighted by Crippen LogP contribution is 2.26. The van der Waals surface area contributed by atoms with Gasteiger partial charge < -0.3 is 5.32 Å². The van der Waals surface area contributed by atoms with Gasteiger partial charge in [0.25, 0.3) is 0 Å². The second kappa shape index (κ2) is 5.60. The number of allylic oxidation sites excluding steroid dienone is 2. The molecule has 1 nitrogen and oxygen atoms in total. The van der Waals surface area contributed by atoms with Crippen molar-refractivity contribution in [2.45, 2.75) is 19.3 Å². The van der Waals surface area contributed by atoms with Gasteiger partial charge >= 0.3 is 0 Å². The van der Waals surface area contributed by atoms with Crippen molar-refractivity contribution in [3.63, 3.8) is 0 Å². The van der Waals surface area contributed by atoms with Crippen molar-refractivity contribution in [3.05, 3.63) is 40.4 Å². The molecule has 1 aliphatic carbocycles. The molecular formula is C13H15Cl2N. The van der Waals surface area contributed by atoms with E-state index < -0.39 is 0 Å². The van der Waals surface area contributed by atoms with E-state index in [2.05, 4.69) is 17.5 Å². The van der Waals surface area contributed by atoms with Gasteiger partial charge in [-0.15, -0.1) is 0 Å². The van der Waals surface area contributed by atoms with E-state index >= 15 is 0 Å². The lowest BCUT2D eigenvalue weighted by Gasteiger charge is -2.19. The second-order valence-corrected chi connectivity index (χ2v) is 5.00. The van der Waals surface area contributed by atoms with Gasteiger partial charge in [0.1, 0.15) is 0 Å². The van der Waals surface area contributed by atoms with E-state index in [0.717, 1.165) is 24.6 Å². The first-order chi connectivity index (χ1) is 7.75. The normalized spacial score (nSPS) is 19.8. The highest BCUT2D eigenvalue weighted by molar-refractivity contribution is 6.36. The topological polar surface area (TPSA) is 12.0 Å². The molecule has 1 atom stereocenters. The van der Waals surface area contributed by atoms with Crippen LogP contribution >= 0.6 is 23.2 Å². The molecule has 0 saturated carbocycles. The lowest BCUT2D eigenvalue weighted by atomic mass is 9.94. The molecule has 0 heterocycles. The van der Waals surface area contributed by atoms with E-state index in [-0.39, 0.29) is 0 Å². The van der Waals surface area contributed by atoms with E-state index in [9.17, 15) is 0 Å². The molecule has 0 bridgehead atoms. The molecule has 0 saturated heterocycles. The Kier molecular flexibility index (Phi) is 4.14. The van der Waals surface area contributed by atoms with Crippen LogP contribution in [0.25, 0.3) is 0 Å². The van der Waals surface area contributed by atoms with Gasteiger partial charge in [0.15, 0.2) is 0 Å². The van der Waals surface area contributed by atoms with E-state index in [4.69, 9.17) is 23.2 Å². The summed E-state index contributed by atoms with van der Waals surface area (Å²) >= 11 is 11.9. The summed E-state index contributed by atoms with van der Waals surface area (Å²) in [6.45, 7) is 0.978. The first-order valence-electron chi connectivity index (χ1n) is 5.59. The molecule has 16 heavy (non-hydrogen) atoms. The number of anilines is 1. The number of halogens is 2. The van der Waals surface area contributed by atoms with Gasteiger partial charge in [-0.3, -0.25) is 0 Å². The minimum Gasteiger partial charge on any atom is -0.384 e. The van der Waals surface area contributed by atoms with E-state index in [0.29, 0.717) is 10.0 Å². The van der Waals surface area contributed by atoms with E-state index in [1.165, 1.54) is 12.8 Å². The molecule has 2 rings (SSSR count). The van der Waals surface area contributed by atoms with Gasteiger partial charge in [-0.1, -0.05) is 35.4 Å². The minimum atomic E-state index is 0.677. The Morgan fingerprint density at radius 3 is 2.81 bits per heavy atom. The molecule has 0 radical (unpaired) electrons. The lowest BCUT2D eigenvalue weighted by Crippen LogP contribution is -2.15. The van der Waals surface area contributed by atoms with Crippen LogP contribution in [0, 0.1) is 5.92 Å². The Labute approximate surface area is 106 Å². The Morgan fingerprint density at radius 1 is 1.25 bits per heavy atom. The fourth-order valence-electron chi connectivity index (χ4n) is 1.93.